The van der Waals surface area contributed by atoms with Gasteiger partial charge in [-0.2, -0.15) is 0 Å². The zero-order valence-electron chi connectivity index (χ0n) is 11.8. The fourth-order valence-electron chi connectivity index (χ4n) is 1.91. The van der Waals surface area contributed by atoms with Gasteiger partial charge in [-0.3, -0.25) is 9.78 Å². The summed E-state index contributed by atoms with van der Waals surface area (Å²) in [5.74, 6) is 1.24. The summed E-state index contributed by atoms with van der Waals surface area (Å²) in [6.07, 6.45) is 3.46. The van der Waals surface area contributed by atoms with Crippen molar-refractivity contribution >= 4 is 29.3 Å². The first-order valence-corrected chi connectivity index (χ1v) is 8.20. The van der Waals surface area contributed by atoms with Crippen molar-refractivity contribution in [1.82, 2.24) is 10.3 Å². The van der Waals surface area contributed by atoms with Crippen LogP contribution in [0.3, 0.4) is 0 Å². The van der Waals surface area contributed by atoms with E-state index in [0.29, 0.717) is 5.75 Å². The maximum Gasteiger partial charge on any atom is 0.230 e. The van der Waals surface area contributed by atoms with Gasteiger partial charge in [0.1, 0.15) is 0 Å². The van der Waals surface area contributed by atoms with Crippen molar-refractivity contribution in [3.8, 4) is 0 Å². The fourth-order valence-corrected chi connectivity index (χ4v) is 2.91. The number of aromatic nitrogens is 1. The summed E-state index contributed by atoms with van der Waals surface area (Å²) in [6, 6.07) is 11.5. The van der Waals surface area contributed by atoms with Crippen LogP contribution < -0.4 is 5.32 Å². The van der Waals surface area contributed by atoms with E-state index in [4.69, 9.17) is 11.6 Å². The lowest BCUT2D eigenvalue weighted by Crippen LogP contribution is -2.28. The van der Waals surface area contributed by atoms with E-state index < -0.39 is 0 Å². The summed E-state index contributed by atoms with van der Waals surface area (Å²) < 4.78 is 0. The molecular weight excluding hydrogens is 304 g/mol. The zero-order chi connectivity index (χ0) is 15.1. The molecule has 0 radical (unpaired) electrons. The van der Waals surface area contributed by atoms with E-state index in [0.717, 1.165) is 21.9 Å². The van der Waals surface area contributed by atoms with Gasteiger partial charge in [0.2, 0.25) is 5.91 Å². The Morgan fingerprint density at radius 3 is 2.81 bits per heavy atom. The summed E-state index contributed by atoms with van der Waals surface area (Å²) in [7, 11) is 0. The van der Waals surface area contributed by atoms with Crippen molar-refractivity contribution in [1.29, 1.82) is 0 Å². The van der Waals surface area contributed by atoms with Crippen molar-refractivity contribution in [3.63, 3.8) is 0 Å². The van der Waals surface area contributed by atoms with Gasteiger partial charge in [0.15, 0.2) is 0 Å². The van der Waals surface area contributed by atoms with Crippen molar-refractivity contribution in [2.24, 2.45) is 0 Å². The SMILES string of the molecule is CC(NC(=O)CSCc1cccc(Cl)c1)c1ccncc1. The van der Waals surface area contributed by atoms with E-state index in [1.54, 1.807) is 24.2 Å². The third-order valence-electron chi connectivity index (χ3n) is 2.97. The molecule has 0 fully saturated rings. The maximum absolute atomic E-state index is 11.9. The molecule has 0 aliphatic rings. The third kappa shape index (κ3) is 5.40. The number of thioether (sulfide) groups is 1. The molecular formula is C16H17ClN2OS. The number of benzene rings is 1. The third-order valence-corrected chi connectivity index (χ3v) is 4.21. The molecule has 0 aliphatic carbocycles. The molecule has 1 amide bonds. The van der Waals surface area contributed by atoms with Gasteiger partial charge in [0.25, 0.3) is 0 Å². The van der Waals surface area contributed by atoms with E-state index in [2.05, 4.69) is 10.3 Å². The van der Waals surface area contributed by atoms with Crippen LogP contribution in [-0.2, 0) is 10.5 Å². The first kappa shape index (κ1) is 15.9. The van der Waals surface area contributed by atoms with E-state index in [1.807, 2.05) is 43.3 Å². The molecule has 0 aliphatic heterocycles. The Morgan fingerprint density at radius 1 is 1.33 bits per heavy atom. The van der Waals surface area contributed by atoms with Crippen LogP contribution in [0.4, 0.5) is 0 Å². The number of carbonyl (C=O) groups is 1. The van der Waals surface area contributed by atoms with Crippen LogP contribution in [0.5, 0.6) is 0 Å². The van der Waals surface area contributed by atoms with Crippen molar-refractivity contribution in [2.75, 3.05) is 5.75 Å². The number of carbonyl (C=O) groups excluding carboxylic acids is 1. The van der Waals surface area contributed by atoms with E-state index in [1.165, 1.54) is 0 Å². The van der Waals surface area contributed by atoms with Crippen LogP contribution in [0.2, 0.25) is 5.02 Å². The smallest absolute Gasteiger partial charge is 0.230 e. The van der Waals surface area contributed by atoms with Gasteiger partial charge in [-0.1, -0.05) is 23.7 Å². The Labute approximate surface area is 134 Å². The number of hydrogen-bond donors (Lipinski definition) is 1. The number of hydrogen-bond acceptors (Lipinski definition) is 3. The molecule has 1 aromatic carbocycles. The highest BCUT2D eigenvalue weighted by molar-refractivity contribution is 7.99. The number of nitrogens with one attached hydrogen (secondary N) is 1. The van der Waals surface area contributed by atoms with Crippen molar-refractivity contribution in [2.45, 2.75) is 18.7 Å². The number of pyridine rings is 1. The molecule has 1 atom stereocenters. The fraction of sp³-hybridized carbons (Fsp3) is 0.250. The Kier molecular flexibility index (Phi) is 6.08. The van der Waals surface area contributed by atoms with Gasteiger partial charge in [0.05, 0.1) is 11.8 Å². The Balaban J connectivity index is 1.75. The average Bonchev–Trinajstić information content (AvgIpc) is 2.48. The van der Waals surface area contributed by atoms with E-state index in [-0.39, 0.29) is 11.9 Å². The molecule has 21 heavy (non-hydrogen) atoms. The highest BCUT2D eigenvalue weighted by Crippen LogP contribution is 2.17. The summed E-state index contributed by atoms with van der Waals surface area (Å²) in [6.45, 7) is 1.97. The Bertz CT molecular complexity index is 592. The molecule has 0 spiro atoms. The van der Waals surface area contributed by atoms with Gasteiger partial charge >= 0.3 is 0 Å². The van der Waals surface area contributed by atoms with Crippen LogP contribution in [-0.4, -0.2) is 16.6 Å². The molecule has 3 nitrogen and oxygen atoms in total. The Morgan fingerprint density at radius 2 is 2.10 bits per heavy atom. The van der Waals surface area contributed by atoms with Crippen LogP contribution in [0, 0.1) is 0 Å². The second-order valence-electron chi connectivity index (χ2n) is 4.69. The van der Waals surface area contributed by atoms with E-state index >= 15 is 0 Å². The first-order chi connectivity index (χ1) is 10.1. The molecule has 0 bridgehead atoms. The lowest BCUT2D eigenvalue weighted by atomic mass is 10.1. The molecule has 2 aromatic rings. The summed E-state index contributed by atoms with van der Waals surface area (Å²) in [5.41, 5.74) is 2.18. The summed E-state index contributed by atoms with van der Waals surface area (Å²) in [5, 5.41) is 3.71. The minimum Gasteiger partial charge on any atom is -0.349 e. The van der Waals surface area contributed by atoms with Gasteiger partial charge < -0.3 is 5.32 Å². The average molecular weight is 321 g/mol. The monoisotopic (exact) mass is 320 g/mol. The van der Waals surface area contributed by atoms with Gasteiger partial charge in [-0.15, -0.1) is 11.8 Å². The summed E-state index contributed by atoms with van der Waals surface area (Å²) in [4.78, 5) is 15.9. The predicted molar refractivity (Wildman–Crippen MR) is 88.4 cm³/mol. The lowest BCUT2D eigenvalue weighted by Gasteiger charge is -2.13. The van der Waals surface area contributed by atoms with Gasteiger partial charge in [-0.25, -0.2) is 0 Å². The normalized spacial score (nSPS) is 11.9. The molecule has 5 heteroatoms. The number of amides is 1. The van der Waals surface area contributed by atoms with Gasteiger partial charge in [0, 0.05) is 23.2 Å². The number of nitrogens with zero attached hydrogens (tertiary/aromatic N) is 1. The standard InChI is InChI=1S/C16H17ClN2OS/c1-12(14-5-7-18-8-6-14)19-16(20)11-21-10-13-3-2-4-15(17)9-13/h2-9,12H,10-11H2,1H3,(H,19,20). The Hall–Kier alpha value is -1.52. The highest BCUT2D eigenvalue weighted by Gasteiger charge is 2.09. The van der Waals surface area contributed by atoms with Crippen molar-refractivity contribution < 1.29 is 4.79 Å². The van der Waals surface area contributed by atoms with Crippen LogP contribution >= 0.6 is 23.4 Å². The molecule has 0 saturated heterocycles. The van der Waals surface area contributed by atoms with Crippen molar-refractivity contribution in [3.05, 3.63) is 64.9 Å². The predicted octanol–water partition coefficient (Wildman–Crippen LogP) is 3.85. The minimum atomic E-state index is -0.00716. The van der Waals surface area contributed by atoms with Crippen LogP contribution in [0.15, 0.2) is 48.8 Å². The number of rotatable bonds is 6. The molecule has 1 unspecified atom stereocenters. The van der Waals surface area contributed by atoms with Gasteiger partial charge in [-0.05, 0) is 42.3 Å². The molecule has 110 valence electrons. The first-order valence-electron chi connectivity index (χ1n) is 6.66. The largest absolute Gasteiger partial charge is 0.349 e. The molecule has 1 N–H and O–H groups in total. The second kappa shape index (κ2) is 8.05. The maximum atomic E-state index is 11.9. The molecule has 1 aromatic heterocycles. The lowest BCUT2D eigenvalue weighted by molar-refractivity contribution is -0.119. The summed E-state index contributed by atoms with van der Waals surface area (Å²) >= 11 is 7.51. The minimum absolute atomic E-state index is 0.00716. The topological polar surface area (TPSA) is 42.0 Å². The van der Waals surface area contributed by atoms with Crippen LogP contribution in [0.25, 0.3) is 0 Å². The zero-order valence-corrected chi connectivity index (χ0v) is 13.3. The molecule has 1 heterocycles. The quantitative estimate of drug-likeness (QED) is 0.879. The number of halogens is 1. The second-order valence-corrected chi connectivity index (χ2v) is 6.11. The molecule has 2 rings (SSSR count). The van der Waals surface area contributed by atoms with E-state index in [9.17, 15) is 4.79 Å². The highest BCUT2D eigenvalue weighted by atomic mass is 35.5. The van der Waals surface area contributed by atoms with Crippen LogP contribution in [0.1, 0.15) is 24.1 Å². The molecule has 0 saturated carbocycles.